The topological polar surface area (TPSA) is 169 Å². The van der Waals surface area contributed by atoms with Crippen molar-refractivity contribution in [1.29, 1.82) is 0 Å². The number of nitrogens with zero attached hydrogens (tertiary/aromatic N) is 4. The third kappa shape index (κ3) is 9.11. The Balaban J connectivity index is 1.24. The predicted molar refractivity (Wildman–Crippen MR) is 164 cm³/mol. The predicted octanol–water partition coefficient (Wildman–Crippen LogP) is 4.46. The highest BCUT2D eigenvalue weighted by atomic mass is 32.2. The van der Waals surface area contributed by atoms with Crippen molar-refractivity contribution in [3.8, 4) is 11.4 Å². The van der Waals surface area contributed by atoms with E-state index >= 15 is 0 Å². The van der Waals surface area contributed by atoms with Crippen molar-refractivity contribution in [2.75, 3.05) is 5.75 Å². The third-order valence-corrected chi connectivity index (χ3v) is 8.39. The Kier molecular flexibility index (Phi) is 11.1. The minimum absolute atomic E-state index is 0.0376. The number of rotatable bonds is 14. The van der Waals surface area contributed by atoms with Crippen LogP contribution in [0.5, 0.6) is 5.75 Å². The molecule has 1 aromatic heterocycles. The minimum atomic E-state index is -0.857. The van der Waals surface area contributed by atoms with Crippen molar-refractivity contribution in [3.63, 3.8) is 0 Å². The van der Waals surface area contributed by atoms with Gasteiger partial charge in [-0.3, -0.25) is 9.59 Å². The van der Waals surface area contributed by atoms with Gasteiger partial charge in [0, 0.05) is 37.1 Å². The number of aliphatic hydroxyl groups excluding tert-OH is 1. The van der Waals surface area contributed by atoms with Crippen LogP contribution in [-0.4, -0.2) is 59.3 Å². The highest BCUT2D eigenvalue weighted by Gasteiger charge is 2.32. The van der Waals surface area contributed by atoms with Gasteiger partial charge in [0.15, 0.2) is 6.29 Å². The van der Waals surface area contributed by atoms with Crippen LogP contribution in [-0.2, 0) is 32.2 Å². The van der Waals surface area contributed by atoms with Gasteiger partial charge in [0.2, 0.25) is 11.1 Å². The summed E-state index contributed by atoms with van der Waals surface area (Å²) in [5, 5.41) is 43.4. The lowest BCUT2D eigenvalue weighted by Gasteiger charge is -2.36. The van der Waals surface area contributed by atoms with E-state index in [-0.39, 0.29) is 43.3 Å². The molecule has 4 aromatic rings. The van der Waals surface area contributed by atoms with Crippen molar-refractivity contribution < 1.29 is 34.4 Å². The molecule has 0 spiro atoms. The molecule has 1 aliphatic rings. The Labute approximate surface area is 264 Å². The monoisotopic (exact) mass is 633 g/mol. The van der Waals surface area contributed by atoms with Gasteiger partial charge in [-0.1, -0.05) is 60.3 Å². The van der Waals surface area contributed by atoms with Crippen LogP contribution in [0.2, 0.25) is 0 Å². The quantitative estimate of drug-likeness (QED) is 0.114. The molecule has 1 saturated heterocycles. The number of thioether (sulfide) groups is 1. The number of amides is 1. The number of aromatic hydroxyl groups is 1. The Morgan fingerprint density at radius 3 is 2.31 bits per heavy atom. The number of phenolic OH excluding ortho intramolecular Hbond substituents is 1. The van der Waals surface area contributed by atoms with Crippen LogP contribution in [0.4, 0.5) is 0 Å². The number of unbranched alkanes of at least 4 members (excludes halogenated alkanes) is 1. The molecular weight excluding hydrogens is 598 g/mol. The number of carboxylic acid groups (broad SMARTS) is 1. The van der Waals surface area contributed by atoms with Crippen LogP contribution in [0.1, 0.15) is 66.8 Å². The molecule has 236 valence electrons. The van der Waals surface area contributed by atoms with Gasteiger partial charge in [-0.05, 0) is 64.2 Å². The van der Waals surface area contributed by atoms with Gasteiger partial charge in [0.1, 0.15) is 5.75 Å². The molecule has 1 fully saturated rings. The molecule has 0 saturated carbocycles. The number of aromatic nitrogens is 4. The Morgan fingerprint density at radius 1 is 0.911 bits per heavy atom. The Morgan fingerprint density at radius 2 is 1.60 bits per heavy atom. The second-order valence-electron chi connectivity index (χ2n) is 10.7. The Hall–Kier alpha value is -4.30. The molecule has 3 aromatic carbocycles. The lowest BCUT2D eigenvalue weighted by atomic mass is 10.0. The number of ether oxygens (including phenoxy) is 2. The van der Waals surface area contributed by atoms with Gasteiger partial charge in [0.05, 0.1) is 24.5 Å². The van der Waals surface area contributed by atoms with E-state index in [0.29, 0.717) is 36.7 Å². The normalized spacial score (nSPS) is 18.0. The fraction of sp³-hybridized carbons (Fsp3) is 0.344. The molecule has 12 nitrogen and oxygen atoms in total. The van der Waals surface area contributed by atoms with Crippen LogP contribution in [0.15, 0.2) is 78.0 Å². The van der Waals surface area contributed by atoms with Crippen LogP contribution >= 0.6 is 11.8 Å². The summed E-state index contributed by atoms with van der Waals surface area (Å²) in [6.07, 6.45) is 0.848. The molecular formula is C32H35N5O7S. The maximum absolute atomic E-state index is 12.1. The number of carboxylic acids is 1. The van der Waals surface area contributed by atoms with Crippen molar-refractivity contribution >= 4 is 23.6 Å². The highest BCUT2D eigenvalue weighted by Crippen LogP contribution is 2.39. The number of nitrogens with one attached hydrogen (secondary N) is 1. The second kappa shape index (κ2) is 15.6. The maximum atomic E-state index is 12.1. The number of aliphatic hydroxyl groups is 1. The van der Waals surface area contributed by atoms with E-state index in [0.717, 1.165) is 27.9 Å². The number of hydrogen-bond donors (Lipinski definition) is 4. The molecule has 3 unspecified atom stereocenters. The average Bonchev–Trinajstić information content (AvgIpc) is 3.54. The molecule has 0 radical (unpaired) electrons. The summed E-state index contributed by atoms with van der Waals surface area (Å²) in [5.41, 5.74) is 4.27. The summed E-state index contributed by atoms with van der Waals surface area (Å²) >= 11 is 1.46. The van der Waals surface area contributed by atoms with E-state index in [9.17, 15) is 19.8 Å². The molecule has 45 heavy (non-hydrogen) atoms. The first-order valence-electron chi connectivity index (χ1n) is 14.7. The molecule has 4 N–H and O–H groups in total. The van der Waals surface area contributed by atoms with Crippen molar-refractivity contribution in [3.05, 3.63) is 95.1 Å². The molecule has 0 bridgehead atoms. The zero-order valence-corrected chi connectivity index (χ0v) is 25.3. The zero-order chi connectivity index (χ0) is 31.6. The molecule has 13 heteroatoms. The number of carbonyl (C=O) groups excluding carboxylic acids is 1. The van der Waals surface area contributed by atoms with Gasteiger partial charge in [-0.25, -0.2) is 0 Å². The van der Waals surface area contributed by atoms with E-state index in [4.69, 9.17) is 14.6 Å². The number of phenols is 1. The van der Waals surface area contributed by atoms with Crippen LogP contribution < -0.4 is 5.32 Å². The smallest absolute Gasteiger partial charge is 0.303 e. The molecule has 1 aliphatic heterocycles. The first-order chi connectivity index (χ1) is 21.9. The van der Waals surface area contributed by atoms with Crippen LogP contribution in [0.25, 0.3) is 5.69 Å². The second-order valence-corrected chi connectivity index (χ2v) is 11.7. The minimum Gasteiger partial charge on any atom is -0.508 e. The summed E-state index contributed by atoms with van der Waals surface area (Å²) in [6.45, 7) is 0.323. The standard InChI is InChI=1S/C32H35N5O7S/c38-19-22-7-9-23(10-8-22)28-17-27(20-45-32-34-35-36-37(32)25-13-15-26(39)16-14-25)43-31(44-28)24-11-5-21(6-12-24)18-33-29(40)3-1-2-4-30(41)42/h5-16,27-28,31,38-39H,1-4,17-20H2,(H,33,40)(H,41,42). The van der Waals surface area contributed by atoms with E-state index in [1.54, 1.807) is 28.9 Å². The van der Waals surface area contributed by atoms with Crippen LogP contribution in [0.3, 0.4) is 0 Å². The molecule has 3 atom stereocenters. The fourth-order valence-electron chi connectivity index (χ4n) is 4.86. The molecule has 2 heterocycles. The average molecular weight is 634 g/mol. The van der Waals surface area contributed by atoms with Crippen molar-refractivity contribution in [2.45, 2.75) is 68.9 Å². The molecule has 0 aliphatic carbocycles. The SMILES string of the molecule is O=C(O)CCCCC(=O)NCc1ccc(C2OC(CSc3nnnn3-c3ccc(O)cc3)CC(c3ccc(CO)cc3)O2)cc1. The van der Waals surface area contributed by atoms with Gasteiger partial charge in [-0.2, -0.15) is 4.68 Å². The lowest BCUT2D eigenvalue weighted by molar-refractivity contribution is -0.245. The van der Waals surface area contributed by atoms with E-state index in [2.05, 4.69) is 20.8 Å². The number of benzene rings is 3. The summed E-state index contributed by atoms with van der Waals surface area (Å²) in [5.74, 6) is -0.260. The number of hydrogen-bond acceptors (Lipinski definition) is 10. The molecule has 5 rings (SSSR count). The van der Waals surface area contributed by atoms with Gasteiger partial charge in [0.25, 0.3) is 0 Å². The summed E-state index contributed by atoms with van der Waals surface area (Å²) in [6, 6.07) is 22.0. The van der Waals surface area contributed by atoms with Gasteiger partial charge in [-0.15, -0.1) is 5.10 Å². The molecule has 1 amide bonds. The summed E-state index contributed by atoms with van der Waals surface area (Å²) in [7, 11) is 0. The first kappa shape index (κ1) is 32.1. The number of aliphatic carboxylic acids is 1. The van der Waals surface area contributed by atoms with E-state index in [1.807, 2.05) is 48.5 Å². The third-order valence-electron chi connectivity index (χ3n) is 7.33. The van der Waals surface area contributed by atoms with E-state index in [1.165, 1.54) is 11.8 Å². The fourth-order valence-corrected chi connectivity index (χ4v) is 5.77. The van der Waals surface area contributed by atoms with Gasteiger partial charge < -0.3 is 30.1 Å². The first-order valence-corrected chi connectivity index (χ1v) is 15.6. The van der Waals surface area contributed by atoms with Crippen LogP contribution in [0, 0.1) is 0 Å². The Bertz CT molecular complexity index is 1550. The highest BCUT2D eigenvalue weighted by molar-refractivity contribution is 7.99. The number of carbonyl (C=O) groups is 2. The zero-order valence-electron chi connectivity index (χ0n) is 24.5. The number of tetrazole rings is 1. The van der Waals surface area contributed by atoms with Crippen molar-refractivity contribution in [1.82, 2.24) is 25.5 Å². The summed E-state index contributed by atoms with van der Waals surface area (Å²) < 4.78 is 14.5. The largest absolute Gasteiger partial charge is 0.508 e. The van der Waals surface area contributed by atoms with Crippen molar-refractivity contribution in [2.24, 2.45) is 0 Å². The van der Waals surface area contributed by atoms with E-state index < -0.39 is 12.3 Å². The van der Waals surface area contributed by atoms with Gasteiger partial charge >= 0.3 is 5.97 Å². The lowest BCUT2D eigenvalue weighted by Crippen LogP contribution is -2.31. The summed E-state index contributed by atoms with van der Waals surface area (Å²) in [4.78, 5) is 22.8. The maximum Gasteiger partial charge on any atom is 0.303 e.